The van der Waals surface area contributed by atoms with E-state index in [4.69, 9.17) is 0 Å². The van der Waals surface area contributed by atoms with Gasteiger partial charge in [-0.25, -0.2) is 0 Å². The van der Waals surface area contributed by atoms with Crippen LogP contribution in [0.1, 0.15) is 52.4 Å². The van der Waals surface area contributed by atoms with Crippen LogP contribution in [0.4, 0.5) is 0 Å². The van der Waals surface area contributed by atoms with Gasteiger partial charge in [-0.2, -0.15) is 0 Å². The van der Waals surface area contributed by atoms with E-state index in [2.05, 4.69) is 19.2 Å². The van der Waals surface area contributed by atoms with E-state index in [1.165, 1.54) is 25.7 Å². The average Bonchev–Trinajstić information content (AvgIpc) is 2.51. The molecule has 0 spiro atoms. The van der Waals surface area contributed by atoms with Crippen molar-refractivity contribution < 1.29 is 5.11 Å². The molecule has 14 heavy (non-hydrogen) atoms. The summed E-state index contributed by atoms with van der Waals surface area (Å²) in [6, 6.07) is 0. The van der Waals surface area contributed by atoms with Crippen LogP contribution in [0.3, 0.4) is 0 Å². The lowest BCUT2D eigenvalue weighted by atomic mass is 10.0. The monoisotopic (exact) mass is 199 g/mol. The van der Waals surface area contributed by atoms with Gasteiger partial charge in [-0.15, -0.1) is 0 Å². The number of rotatable bonds is 6. The van der Waals surface area contributed by atoms with E-state index in [0.717, 1.165) is 31.8 Å². The quantitative estimate of drug-likeness (QED) is 0.643. The van der Waals surface area contributed by atoms with Gasteiger partial charge in [-0.1, -0.05) is 26.7 Å². The molecule has 1 rings (SSSR count). The Bertz CT molecular complexity index is 150. The van der Waals surface area contributed by atoms with Gasteiger partial charge in [0.05, 0.1) is 5.60 Å². The van der Waals surface area contributed by atoms with E-state index < -0.39 is 0 Å². The highest BCUT2D eigenvalue weighted by Crippen LogP contribution is 2.28. The third-order valence-corrected chi connectivity index (χ3v) is 3.12. The zero-order chi connectivity index (χ0) is 10.4. The van der Waals surface area contributed by atoms with Gasteiger partial charge in [-0.3, -0.25) is 0 Å². The van der Waals surface area contributed by atoms with Crippen LogP contribution in [-0.2, 0) is 0 Å². The van der Waals surface area contributed by atoms with E-state index in [9.17, 15) is 5.11 Å². The molecule has 0 bridgehead atoms. The highest BCUT2D eigenvalue weighted by Gasteiger charge is 2.30. The average molecular weight is 199 g/mol. The topological polar surface area (TPSA) is 32.3 Å². The standard InChI is InChI=1S/C12H25NO/c1-11(2)6-5-9-13-10-12(14)7-3-4-8-12/h11,13-14H,3-10H2,1-2H3. The van der Waals surface area contributed by atoms with E-state index in [1.54, 1.807) is 0 Å². The van der Waals surface area contributed by atoms with Crippen molar-refractivity contribution in [3.8, 4) is 0 Å². The van der Waals surface area contributed by atoms with Crippen molar-refractivity contribution in [2.45, 2.75) is 58.0 Å². The van der Waals surface area contributed by atoms with Gasteiger partial charge in [0.2, 0.25) is 0 Å². The van der Waals surface area contributed by atoms with Crippen LogP contribution < -0.4 is 5.32 Å². The molecule has 0 unspecified atom stereocenters. The Hall–Kier alpha value is -0.0800. The Morgan fingerprint density at radius 2 is 1.93 bits per heavy atom. The fourth-order valence-electron chi connectivity index (χ4n) is 2.17. The molecular weight excluding hydrogens is 174 g/mol. The van der Waals surface area contributed by atoms with Gasteiger partial charge >= 0.3 is 0 Å². The molecule has 1 aliphatic carbocycles. The first kappa shape index (κ1) is 12.0. The predicted molar refractivity (Wildman–Crippen MR) is 60.4 cm³/mol. The fraction of sp³-hybridized carbons (Fsp3) is 1.00. The number of aliphatic hydroxyl groups is 1. The lowest BCUT2D eigenvalue weighted by molar-refractivity contribution is 0.0478. The Balaban J connectivity index is 1.98. The highest BCUT2D eigenvalue weighted by molar-refractivity contribution is 4.85. The first-order valence-corrected chi connectivity index (χ1v) is 6.05. The number of hydrogen-bond donors (Lipinski definition) is 2. The molecule has 0 atom stereocenters. The molecule has 0 radical (unpaired) electrons. The summed E-state index contributed by atoms with van der Waals surface area (Å²) in [6.07, 6.45) is 6.89. The zero-order valence-electron chi connectivity index (χ0n) is 9.68. The van der Waals surface area contributed by atoms with Gasteiger partial charge in [0.1, 0.15) is 0 Å². The van der Waals surface area contributed by atoms with Crippen LogP contribution in [0.5, 0.6) is 0 Å². The van der Waals surface area contributed by atoms with Gasteiger partial charge < -0.3 is 10.4 Å². The maximum Gasteiger partial charge on any atom is 0.0771 e. The van der Waals surface area contributed by atoms with Crippen LogP contribution in [0.2, 0.25) is 0 Å². The van der Waals surface area contributed by atoms with Crippen LogP contribution in [0.15, 0.2) is 0 Å². The molecule has 1 saturated carbocycles. The van der Waals surface area contributed by atoms with Crippen molar-refractivity contribution in [3.63, 3.8) is 0 Å². The third kappa shape index (κ3) is 4.43. The second kappa shape index (κ2) is 5.72. The lowest BCUT2D eigenvalue weighted by Gasteiger charge is -2.22. The Morgan fingerprint density at radius 1 is 1.29 bits per heavy atom. The van der Waals surface area contributed by atoms with Gasteiger partial charge in [0, 0.05) is 6.54 Å². The van der Waals surface area contributed by atoms with Crippen LogP contribution >= 0.6 is 0 Å². The summed E-state index contributed by atoms with van der Waals surface area (Å²) in [5.74, 6) is 0.798. The lowest BCUT2D eigenvalue weighted by Crippen LogP contribution is -2.38. The molecule has 1 aliphatic rings. The molecule has 0 amide bonds. The molecule has 0 heterocycles. The van der Waals surface area contributed by atoms with Crippen molar-refractivity contribution in [2.75, 3.05) is 13.1 Å². The van der Waals surface area contributed by atoms with E-state index in [0.29, 0.717) is 0 Å². The van der Waals surface area contributed by atoms with E-state index >= 15 is 0 Å². The summed E-state index contributed by atoms with van der Waals surface area (Å²) in [5.41, 5.74) is -0.377. The largest absolute Gasteiger partial charge is 0.389 e. The SMILES string of the molecule is CC(C)CCCNCC1(O)CCCC1. The third-order valence-electron chi connectivity index (χ3n) is 3.12. The first-order chi connectivity index (χ1) is 6.62. The second-order valence-corrected chi connectivity index (χ2v) is 5.14. The normalized spacial score (nSPS) is 20.6. The smallest absolute Gasteiger partial charge is 0.0771 e. The molecule has 0 aromatic heterocycles. The summed E-state index contributed by atoms with van der Waals surface area (Å²) in [7, 11) is 0. The van der Waals surface area contributed by atoms with Gasteiger partial charge in [0.25, 0.3) is 0 Å². The van der Waals surface area contributed by atoms with E-state index in [1.807, 2.05) is 0 Å². The van der Waals surface area contributed by atoms with Gasteiger partial charge in [-0.05, 0) is 38.1 Å². The van der Waals surface area contributed by atoms with Crippen molar-refractivity contribution in [3.05, 3.63) is 0 Å². The minimum absolute atomic E-state index is 0.377. The number of nitrogens with one attached hydrogen (secondary N) is 1. The molecule has 0 aliphatic heterocycles. The Labute approximate surface area is 88.1 Å². The first-order valence-electron chi connectivity index (χ1n) is 6.05. The summed E-state index contributed by atoms with van der Waals surface area (Å²) in [5, 5.41) is 13.4. The Kier molecular flexibility index (Phi) is 4.90. The van der Waals surface area contributed by atoms with Crippen molar-refractivity contribution >= 4 is 0 Å². The minimum atomic E-state index is -0.377. The zero-order valence-corrected chi connectivity index (χ0v) is 9.68. The maximum atomic E-state index is 10.0. The van der Waals surface area contributed by atoms with Crippen LogP contribution in [-0.4, -0.2) is 23.8 Å². The molecule has 1 fully saturated rings. The van der Waals surface area contributed by atoms with Crippen LogP contribution in [0, 0.1) is 5.92 Å². The van der Waals surface area contributed by atoms with Gasteiger partial charge in [0.15, 0.2) is 0 Å². The van der Waals surface area contributed by atoms with Crippen molar-refractivity contribution in [1.82, 2.24) is 5.32 Å². The summed E-state index contributed by atoms with van der Waals surface area (Å²) in [6.45, 7) is 6.36. The molecule has 2 nitrogen and oxygen atoms in total. The highest BCUT2D eigenvalue weighted by atomic mass is 16.3. The minimum Gasteiger partial charge on any atom is -0.389 e. The van der Waals surface area contributed by atoms with Crippen molar-refractivity contribution in [1.29, 1.82) is 0 Å². The Morgan fingerprint density at radius 3 is 2.50 bits per heavy atom. The second-order valence-electron chi connectivity index (χ2n) is 5.14. The van der Waals surface area contributed by atoms with Crippen molar-refractivity contribution in [2.24, 2.45) is 5.92 Å². The number of hydrogen-bond acceptors (Lipinski definition) is 2. The molecule has 0 aromatic carbocycles. The molecule has 84 valence electrons. The maximum absolute atomic E-state index is 10.0. The predicted octanol–water partition coefficient (Wildman–Crippen LogP) is 2.32. The summed E-state index contributed by atoms with van der Waals surface area (Å²) in [4.78, 5) is 0. The van der Waals surface area contributed by atoms with E-state index in [-0.39, 0.29) is 5.60 Å². The summed E-state index contributed by atoms with van der Waals surface area (Å²) < 4.78 is 0. The molecule has 0 aromatic rings. The fourth-order valence-corrected chi connectivity index (χ4v) is 2.17. The molecule has 0 saturated heterocycles. The molecular formula is C12H25NO. The van der Waals surface area contributed by atoms with Crippen LogP contribution in [0.25, 0.3) is 0 Å². The molecule has 2 N–H and O–H groups in total. The molecule has 2 heteroatoms. The summed E-state index contributed by atoms with van der Waals surface area (Å²) >= 11 is 0.